The van der Waals surface area contributed by atoms with Crippen molar-refractivity contribution in [1.29, 1.82) is 0 Å². The van der Waals surface area contributed by atoms with Gasteiger partial charge in [-0.2, -0.15) is 0 Å². The maximum absolute atomic E-state index is 13.2. The Bertz CT molecular complexity index is 897. The lowest BCUT2D eigenvalue weighted by Gasteiger charge is -2.34. The van der Waals surface area contributed by atoms with Crippen molar-refractivity contribution in [3.63, 3.8) is 0 Å². The summed E-state index contributed by atoms with van der Waals surface area (Å²) in [6.07, 6.45) is 6.01. The number of ketones is 1. The van der Waals surface area contributed by atoms with Crippen LogP contribution in [0, 0.1) is 0 Å². The van der Waals surface area contributed by atoms with Crippen molar-refractivity contribution < 1.29 is 14.3 Å². The van der Waals surface area contributed by atoms with E-state index in [1.807, 2.05) is 13.0 Å². The number of benzene rings is 1. The van der Waals surface area contributed by atoms with Gasteiger partial charge >= 0.3 is 5.97 Å². The van der Waals surface area contributed by atoms with E-state index in [0.717, 1.165) is 55.5 Å². The van der Waals surface area contributed by atoms with Gasteiger partial charge in [0, 0.05) is 29.3 Å². The molecule has 0 saturated heterocycles. The number of hydrogen-bond acceptors (Lipinski definition) is 4. The molecule has 1 heterocycles. The molecule has 1 unspecified atom stereocenters. The van der Waals surface area contributed by atoms with Gasteiger partial charge in [0.1, 0.15) is 6.10 Å². The monoisotopic (exact) mass is 419 g/mol. The van der Waals surface area contributed by atoms with Crippen LogP contribution in [-0.2, 0) is 14.3 Å². The average molecular weight is 420 g/mol. The summed E-state index contributed by atoms with van der Waals surface area (Å²) < 4.78 is 5.81. The summed E-state index contributed by atoms with van der Waals surface area (Å²) in [5.41, 5.74) is 3.60. The van der Waals surface area contributed by atoms with Crippen LogP contribution in [0.5, 0.6) is 0 Å². The summed E-state index contributed by atoms with van der Waals surface area (Å²) in [7, 11) is 0. The van der Waals surface area contributed by atoms with Crippen LogP contribution in [0.15, 0.2) is 40.7 Å². The van der Waals surface area contributed by atoms with Gasteiger partial charge in [0.2, 0.25) is 0 Å². The lowest BCUT2D eigenvalue weighted by atomic mass is 9.75. The van der Waals surface area contributed by atoms with E-state index in [1.54, 1.807) is 12.1 Å². The second-order valence-electron chi connectivity index (χ2n) is 7.75. The molecule has 1 aromatic carbocycles. The Kier molecular flexibility index (Phi) is 5.52. The van der Waals surface area contributed by atoms with E-state index in [2.05, 4.69) is 5.32 Å². The van der Waals surface area contributed by atoms with E-state index < -0.39 is 5.92 Å². The molecule has 0 spiro atoms. The Morgan fingerprint density at radius 3 is 2.57 bits per heavy atom. The lowest BCUT2D eigenvalue weighted by Crippen LogP contribution is -2.35. The van der Waals surface area contributed by atoms with Crippen LogP contribution >= 0.6 is 23.2 Å². The third kappa shape index (κ3) is 3.60. The minimum Gasteiger partial charge on any atom is -0.459 e. The second-order valence-corrected chi connectivity index (χ2v) is 8.57. The molecule has 6 heteroatoms. The highest BCUT2D eigenvalue weighted by Crippen LogP contribution is 2.44. The van der Waals surface area contributed by atoms with E-state index in [1.165, 1.54) is 0 Å². The van der Waals surface area contributed by atoms with Crippen molar-refractivity contribution in [2.24, 2.45) is 0 Å². The zero-order valence-corrected chi connectivity index (χ0v) is 17.3. The van der Waals surface area contributed by atoms with Crippen molar-refractivity contribution >= 4 is 35.0 Å². The zero-order valence-electron chi connectivity index (χ0n) is 15.8. The molecule has 3 aliphatic rings. The molecule has 1 saturated carbocycles. The van der Waals surface area contributed by atoms with Crippen LogP contribution in [0.3, 0.4) is 0 Å². The van der Waals surface area contributed by atoms with Gasteiger partial charge in [0.15, 0.2) is 5.78 Å². The molecule has 0 radical (unpaired) electrons. The van der Waals surface area contributed by atoms with Gasteiger partial charge in [0.25, 0.3) is 0 Å². The number of esters is 1. The smallest absolute Gasteiger partial charge is 0.337 e. The van der Waals surface area contributed by atoms with Crippen LogP contribution < -0.4 is 5.32 Å². The first-order valence-electron chi connectivity index (χ1n) is 9.85. The number of carbonyl (C=O) groups excluding carboxylic acids is 2. The molecule has 4 nitrogen and oxygen atoms in total. The van der Waals surface area contributed by atoms with Crippen LogP contribution in [0.25, 0.3) is 0 Å². The molecule has 4 rings (SSSR count). The molecule has 0 aromatic heterocycles. The maximum atomic E-state index is 13.2. The molecule has 1 N–H and O–H groups in total. The Hall–Kier alpha value is -1.78. The first-order valence-corrected chi connectivity index (χ1v) is 10.6. The van der Waals surface area contributed by atoms with Crippen LogP contribution in [0.2, 0.25) is 10.0 Å². The minimum absolute atomic E-state index is 0.0420. The van der Waals surface area contributed by atoms with Crippen LogP contribution in [0.1, 0.15) is 63.4 Å². The first-order chi connectivity index (χ1) is 13.5. The van der Waals surface area contributed by atoms with Crippen LogP contribution in [0.4, 0.5) is 0 Å². The largest absolute Gasteiger partial charge is 0.459 e. The number of allylic oxidation sites excluding steroid dienone is 3. The topological polar surface area (TPSA) is 55.4 Å². The molecular formula is C22H23Cl2NO3. The van der Waals surface area contributed by atoms with Crippen molar-refractivity contribution in [2.45, 2.75) is 63.9 Å². The van der Waals surface area contributed by atoms with Gasteiger partial charge in [-0.15, -0.1) is 0 Å². The summed E-state index contributed by atoms with van der Waals surface area (Å²) in [4.78, 5) is 26.0. The Balaban J connectivity index is 1.78. The normalized spacial score (nSPS) is 23.0. The summed E-state index contributed by atoms with van der Waals surface area (Å²) >= 11 is 12.4. The highest BCUT2D eigenvalue weighted by atomic mass is 35.5. The Morgan fingerprint density at radius 2 is 1.86 bits per heavy atom. The summed E-state index contributed by atoms with van der Waals surface area (Å²) in [5, 5.41) is 4.16. The van der Waals surface area contributed by atoms with Gasteiger partial charge < -0.3 is 10.1 Å². The number of Topliss-reactive ketones (excluding diaryl/α,β-unsaturated/α-hetero) is 1. The number of ether oxygens (including phenoxy) is 1. The van der Waals surface area contributed by atoms with Gasteiger partial charge in [-0.3, -0.25) is 4.79 Å². The minimum atomic E-state index is -0.479. The predicted molar refractivity (Wildman–Crippen MR) is 109 cm³/mol. The van der Waals surface area contributed by atoms with Crippen LogP contribution in [-0.4, -0.2) is 17.9 Å². The number of carbonyl (C=O) groups is 2. The third-order valence-corrected chi connectivity index (χ3v) is 6.59. The standard InChI is InChI=1S/C22H23Cl2NO3/c1-12-19(22(27)28-14-5-2-3-6-14)20(13-9-10-15(23)16(24)11-13)21-17(25-12)7-4-8-18(21)26/h9-11,14,20,25H,2-8H2,1H3. The fourth-order valence-corrected chi connectivity index (χ4v) is 4.81. The van der Waals surface area contributed by atoms with Gasteiger partial charge in [-0.25, -0.2) is 4.79 Å². The second kappa shape index (κ2) is 7.92. The average Bonchev–Trinajstić information content (AvgIpc) is 3.16. The molecule has 1 aromatic rings. The Labute approximate surface area is 174 Å². The number of dihydropyridines is 1. The predicted octanol–water partition coefficient (Wildman–Crippen LogP) is 5.45. The number of nitrogens with one attached hydrogen (secondary N) is 1. The summed E-state index contributed by atoms with van der Waals surface area (Å²) in [6.45, 7) is 1.87. The van der Waals surface area contributed by atoms with Crippen molar-refractivity contribution in [1.82, 2.24) is 5.32 Å². The molecule has 148 valence electrons. The van der Waals surface area contributed by atoms with E-state index >= 15 is 0 Å². The lowest BCUT2D eigenvalue weighted by molar-refractivity contribution is -0.144. The molecule has 1 atom stereocenters. The van der Waals surface area contributed by atoms with Gasteiger partial charge in [-0.05, 0) is 63.1 Å². The highest BCUT2D eigenvalue weighted by Gasteiger charge is 2.40. The van der Waals surface area contributed by atoms with Crippen molar-refractivity contribution in [2.75, 3.05) is 0 Å². The maximum Gasteiger partial charge on any atom is 0.337 e. The van der Waals surface area contributed by atoms with E-state index in [4.69, 9.17) is 27.9 Å². The molecule has 2 aliphatic carbocycles. The molecule has 28 heavy (non-hydrogen) atoms. The van der Waals surface area contributed by atoms with E-state index in [0.29, 0.717) is 27.6 Å². The molecule has 0 bridgehead atoms. The number of rotatable bonds is 3. The van der Waals surface area contributed by atoms with Crippen molar-refractivity contribution in [3.8, 4) is 0 Å². The van der Waals surface area contributed by atoms with Crippen molar-refractivity contribution in [3.05, 3.63) is 56.3 Å². The summed E-state index contributed by atoms with van der Waals surface area (Å²) in [6, 6.07) is 5.30. The Morgan fingerprint density at radius 1 is 1.11 bits per heavy atom. The molecular weight excluding hydrogens is 397 g/mol. The zero-order chi connectivity index (χ0) is 19.8. The van der Waals surface area contributed by atoms with E-state index in [9.17, 15) is 9.59 Å². The molecule has 0 amide bonds. The first kappa shape index (κ1) is 19.5. The molecule has 1 aliphatic heterocycles. The summed E-state index contributed by atoms with van der Waals surface area (Å²) in [5.74, 6) is -0.755. The fraction of sp³-hybridized carbons (Fsp3) is 0.455. The molecule has 1 fully saturated rings. The quantitative estimate of drug-likeness (QED) is 0.661. The highest BCUT2D eigenvalue weighted by molar-refractivity contribution is 6.42. The third-order valence-electron chi connectivity index (χ3n) is 5.85. The van der Waals surface area contributed by atoms with E-state index in [-0.39, 0.29) is 17.9 Å². The number of hydrogen-bond donors (Lipinski definition) is 1. The van der Waals surface area contributed by atoms with Gasteiger partial charge in [-0.1, -0.05) is 29.3 Å². The SMILES string of the molecule is CC1=C(C(=O)OC2CCCC2)C(c2ccc(Cl)c(Cl)c2)C2=C(CCCC2=O)N1. The van der Waals surface area contributed by atoms with Gasteiger partial charge in [0.05, 0.1) is 15.6 Å². The fourth-order valence-electron chi connectivity index (χ4n) is 4.50. The number of halogens is 2.